The molecule has 1 radical (unpaired) electrons. The standard InChI is InChI=1S/C13H17ClFO/c14-9-4-2-1-3-5-10-16-13-8-6-7-12(15)11-13/h6,8,11H,1-5,9-10H2. The second kappa shape index (κ2) is 8.40. The number of ether oxygens (including phenoxy) is 1. The molecule has 0 atom stereocenters. The smallest absolute Gasteiger partial charge is 0.134 e. The first kappa shape index (κ1) is 13.3. The third-order valence-corrected chi connectivity index (χ3v) is 2.55. The summed E-state index contributed by atoms with van der Waals surface area (Å²) in [5.41, 5.74) is 0. The van der Waals surface area contributed by atoms with Crippen molar-refractivity contribution in [2.45, 2.75) is 32.1 Å². The van der Waals surface area contributed by atoms with Crippen LogP contribution in [0.5, 0.6) is 5.75 Å². The summed E-state index contributed by atoms with van der Waals surface area (Å²) in [4.78, 5) is 0. The van der Waals surface area contributed by atoms with E-state index in [9.17, 15) is 4.39 Å². The van der Waals surface area contributed by atoms with Crippen molar-refractivity contribution in [3.05, 3.63) is 30.1 Å². The fourth-order valence-electron chi connectivity index (χ4n) is 1.42. The van der Waals surface area contributed by atoms with E-state index in [1.165, 1.54) is 25.0 Å². The second-order valence-corrected chi connectivity index (χ2v) is 4.06. The van der Waals surface area contributed by atoms with Crippen LogP contribution < -0.4 is 4.74 Å². The number of rotatable bonds is 8. The number of hydrogen-bond acceptors (Lipinski definition) is 1. The van der Waals surface area contributed by atoms with Crippen molar-refractivity contribution in [2.24, 2.45) is 0 Å². The van der Waals surface area contributed by atoms with Gasteiger partial charge in [-0.1, -0.05) is 19.3 Å². The van der Waals surface area contributed by atoms with Crippen LogP contribution in [0.1, 0.15) is 32.1 Å². The van der Waals surface area contributed by atoms with Crippen molar-refractivity contribution in [3.63, 3.8) is 0 Å². The topological polar surface area (TPSA) is 9.23 Å². The molecule has 1 aromatic carbocycles. The minimum absolute atomic E-state index is 0.375. The minimum atomic E-state index is -0.375. The van der Waals surface area contributed by atoms with Gasteiger partial charge in [0.15, 0.2) is 0 Å². The first-order valence-corrected chi connectivity index (χ1v) is 6.22. The maximum absolute atomic E-state index is 12.7. The van der Waals surface area contributed by atoms with Gasteiger partial charge in [0.25, 0.3) is 0 Å². The van der Waals surface area contributed by atoms with Gasteiger partial charge in [-0.2, -0.15) is 0 Å². The highest BCUT2D eigenvalue weighted by molar-refractivity contribution is 6.17. The summed E-state index contributed by atoms with van der Waals surface area (Å²) < 4.78 is 18.1. The SMILES string of the molecule is Fc1[c]ccc(OCCCCCCCCl)c1. The predicted octanol–water partition coefficient (Wildman–Crippen LogP) is 4.19. The summed E-state index contributed by atoms with van der Waals surface area (Å²) in [5.74, 6) is 0.952. The van der Waals surface area contributed by atoms with E-state index in [-0.39, 0.29) is 5.82 Å². The van der Waals surface area contributed by atoms with Crippen LogP contribution in [0.15, 0.2) is 18.2 Å². The fraction of sp³-hybridized carbons (Fsp3) is 0.538. The molecule has 0 aliphatic rings. The number of benzene rings is 1. The summed E-state index contributed by atoms with van der Waals surface area (Å²) in [6.45, 7) is 0.643. The van der Waals surface area contributed by atoms with E-state index in [1.54, 1.807) is 6.07 Å². The van der Waals surface area contributed by atoms with Gasteiger partial charge in [0.05, 0.1) is 6.61 Å². The van der Waals surface area contributed by atoms with Gasteiger partial charge in [0, 0.05) is 18.0 Å². The van der Waals surface area contributed by atoms with Crippen LogP contribution in [0.4, 0.5) is 4.39 Å². The fourth-order valence-corrected chi connectivity index (χ4v) is 1.61. The summed E-state index contributed by atoms with van der Waals surface area (Å²) >= 11 is 5.57. The van der Waals surface area contributed by atoms with E-state index in [4.69, 9.17) is 16.3 Å². The third-order valence-electron chi connectivity index (χ3n) is 2.28. The normalized spacial score (nSPS) is 10.4. The van der Waals surface area contributed by atoms with Gasteiger partial charge in [-0.25, -0.2) is 4.39 Å². The van der Waals surface area contributed by atoms with Crippen LogP contribution in [-0.2, 0) is 0 Å². The zero-order valence-corrected chi connectivity index (χ0v) is 10.1. The average Bonchev–Trinajstić information content (AvgIpc) is 2.28. The summed E-state index contributed by atoms with van der Waals surface area (Å²) in [6.07, 6.45) is 5.59. The van der Waals surface area contributed by atoms with Crippen LogP contribution in [0.25, 0.3) is 0 Å². The molecule has 0 fully saturated rings. The van der Waals surface area contributed by atoms with Crippen molar-refractivity contribution in [1.82, 2.24) is 0 Å². The molecule has 0 heterocycles. The van der Waals surface area contributed by atoms with Gasteiger partial charge >= 0.3 is 0 Å². The lowest BCUT2D eigenvalue weighted by molar-refractivity contribution is 0.303. The highest BCUT2D eigenvalue weighted by atomic mass is 35.5. The Morgan fingerprint density at radius 1 is 1.19 bits per heavy atom. The monoisotopic (exact) mass is 243 g/mol. The number of halogens is 2. The van der Waals surface area contributed by atoms with E-state index in [2.05, 4.69) is 6.07 Å². The molecule has 0 aliphatic heterocycles. The summed E-state index contributed by atoms with van der Waals surface area (Å²) in [5, 5.41) is 0. The van der Waals surface area contributed by atoms with Crippen LogP contribution in [0.3, 0.4) is 0 Å². The molecule has 0 saturated carbocycles. The zero-order valence-electron chi connectivity index (χ0n) is 9.35. The molecule has 0 unspecified atom stereocenters. The quantitative estimate of drug-likeness (QED) is 0.491. The van der Waals surface area contributed by atoms with E-state index < -0.39 is 0 Å². The molecule has 0 saturated heterocycles. The average molecular weight is 244 g/mol. The van der Waals surface area contributed by atoms with Crippen LogP contribution in [0.2, 0.25) is 0 Å². The van der Waals surface area contributed by atoms with Gasteiger partial charge in [-0.3, -0.25) is 0 Å². The van der Waals surface area contributed by atoms with Crippen LogP contribution in [0, 0.1) is 11.9 Å². The molecule has 0 bridgehead atoms. The molecular formula is C13H17ClFO. The Morgan fingerprint density at radius 2 is 1.94 bits per heavy atom. The Kier molecular flexibility index (Phi) is 6.98. The van der Waals surface area contributed by atoms with Crippen molar-refractivity contribution in [2.75, 3.05) is 12.5 Å². The van der Waals surface area contributed by atoms with E-state index in [0.717, 1.165) is 25.1 Å². The molecule has 1 rings (SSSR count). The predicted molar refractivity (Wildman–Crippen MR) is 64.5 cm³/mol. The summed E-state index contributed by atoms with van der Waals surface area (Å²) in [7, 11) is 0. The van der Waals surface area contributed by atoms with Crippen molar-refractivity contribution in [1.29, 1.82) is 0 Å². The number of hydrogen-bond donors (Lipinski definition) is 0. The Bertz CT molecular complexity index is 291. The number of alkyl halides is 1. The highest BCUT2D eigenvalue weighted by Crippen LogP contribution is 2.12. The largest absolute Gasteiger partial charge is 0.493 e. The molecule has 1 nitrogen and oxygen atoms in total. The molecule has 0 aliphatic carbocycles. The number of unbranched alkanes of at least 4 members (excludes halogenated alkanes) is 4. The molecular weight excluding hydrogens is 227 g/mol. The minimum Gasteiger partial charge on any atom is -0.493 e. The van der Waals surface area contributed by atoms with E-state index in [0.29, 0.717) is 12.4 Å². The molecule has 16 heavy (non-hydrogen) atoms. The molecule has 1 aromatic rings. The van der Waals surface area contributed by atoms with Crippen molar-refractivity contribution < 1.29 is 9.13 Å². The van der Waals surface area contributed by atoms with Gasteiger partial charge in [-0.05, 0) is 25.0 Å². The first-order valence-electron chi connectivity index (χ1n) is 5.69. The lowest BCUT2D eigenvalue weighted by Gasteiger charge is -2.05. The Balaban J connectivity index is 2.03. The molecule has 0 spiro atoms. The summed E-state index contributed by atoms with van der Waals surface area (Å²) in [6, 6.07) is 7.04. The lowest BCUT2D eigenvalue weighted by Crippen LogP contribution is -1.97. The van der Waals surface area contributed by atoms with Crippen molar-refractivity contribution in [3.8, 4) is 5.75 Å². The zero-order chi connectivity index (χ0) is 11.6. The van der Waals surface area contributed by atoms with Gasteiger partial charge < -0.3 is 4.74 Å². The van der Waals surface area contributed by atoms with Gasteiger partial charge in [0.1, 0.15) is 11.6 Å². The third kappa shape index (κ3) is 5.96. The van der Waals surface area contributed by atoms with E-state index in [1.807, 2.05) is 0 Å². The first-order chi connectivity index (χ1) is 7.83. The van der Waals surface area contributed by atoms with Crippen LogP contribution in [-0.4, -0.2) is 12.5 Å². The van der Waals surface area contributed by atoms with Crippen molar-refractivity contribution >= 4 is 11.6 Å². The van der Waals surface area contributed by atoms with E-state index >= 15 is 0 Å². The maximum Gasteiger partial charge on any atom is 0.134 e. The molecule has 89 valence electrons. The molecule has 0 amide bonds. The van der Waals surface area contributed by atoms with Gasteiger partial charge in [-0.15, -0.1) is 11.6 Å². The highest BCUT2D eigenvalue weighted by Gasteiger charge is 1.96. The molecule has 0 aromatic heterocycles. The Labute approximate surface area is 102 Å². The molecule has 3 heteroatoms. The Hall–Kier alpha value is -0.760. The molecule has 0 N–H and O–H groups in total. The lowest BCUT2D eigenvalue weighted by atomic mass is 10.2. The second-order valence-electron chi connectivity index (χ2n) is 3.68. The van der Waals surface area contributed by atoms with Crippen LogP contribution >= 0.6 is 11.6 Å². The Morgan fingerprint density at radius 3 is 2.69 bits per heavy atom. The van der Waals surface area contributed by atoms with Gasteiger partial charge in [0.2, 0.25) is 0 Å². The maximum atomic E-state index is 12.7.